The van der Waals surface area contributed by atoms with Gasteiger partial charge in [-0.15, -0.1) is 0 Å². The number of amides is 1. The molecule has 1 aromatic rings. The fraction of sp³-hybridized carbons (Fsp3) is 0.477. The number of hydrogen-bond acceptors (Lipinski definition) is 10. The monoisotopic (exact) mass is 778 g/mol. The predicted octanol–water partition coefficient (Wildman–Crippen LogP) is 4.90. The zero-order chi connectivity index (χ0) is 42.2. The summed E-state index contributed by atoms with van der Waals surface area (Å²) in [6.07, 6.45) is 20.8. The summed E-state index contributed by atoms with van der Waals surface area (Å²) in [6, 6.07) is 1.29. The van der Waals surface area contributed by atoms with Crippen LogP contribution in [-0.2, 0) is 21.3 Å². The summed E-state index contributed by atoms with van der Waals surface area (Å²) in [5.74, 6) is -4.63. The molecule has 6 N–H and O–H groups in total. The molecule has 8 atom stereocenters. The molecule has 1 aliphatic heterocycles. The third-order valence-electron chi connectivity index (χ3n) is 10.2. The number of aliphatic hydroxyl groups excluding tert-OH is 3. The molecule has 12 heteroatoms. The van der Waals surface area contributed by atoms with Crippen LogP contribution in [0.3, 0.4) is 0 Å². The number of carbonyl (C=O) groups is 2. The van der Waals surface area contributed by atoms with Gasteiger partial charge in [0.1, 0.15) is 11.3 Å². The number of aromatic hydroxyl groups is 1. The van der Waals surface area contributed by atoms with Gasteiger partial charge in [-0.1, -0.05) is 113 Å². The Bertz CT molecular complexity index is 1780. The predicted molar refractivity (Wildman–Crippen MR) is 219 cm³/mol. The number of hydrogen-bond donors (Lipinski definition) is 6. The van der Waals surface area contributed by atoms with Crippen molar-refractivity contribution in [3.8, 4) is 5.75 Å². The lowest BCUT2D eigenvalue weighted by molar-refractivity contribution is -0.314. The molecule has 308 valence electrons. The van der Waals surface area contributed by atoms with Crippen LogP contribution in [0.4, 0.5) is 0 Å². The van der Waals surface area contributed by atoms with Crippen LogP contribution in [0.1, 0.15) is 71.7 Å². The molecule has 0 aliphatic carbocycles. The van der Waals surface area contributed by atoms with Crippen LogP contribution in [-0.4, -0.2) is 91.8 Å². The van der Waals surface area contributed by atoms with Crippen LogP contribution in [0.5, 0.6) is 5.75 Å². The van der Waals surface area contributed by atoms with E-state index in [0.29, 0.717) is 6.42 Å². The van der Waals surface area contributed by atoms with Crippen LogP contribution >= 0.6 is 0 Å². The average Bonchev–Trinajstić information content (AvgIpc) is 3.14. The lowest BCUT2D eigenvalue weighted by Gasteiger charge is -2.50. The van der Waals surface area contributed by atoms with Gasteiger partial charge in [0.15, 0.2) is 11.6 Å². The van der Waals surface area contributed by atoms with Crippen molar-refractivity contribution in [1.29, 1.82) is 0 Å². The van der Waals surface area contributed by atoms with Crippen molar-refractivity contribution in [1.82, 2.24) is 9.88 Å². The van der Waals surface area contributed by atoms with E-state index in [1.165, 1.54) is 43.1 Å². The highest BCUT2D eigenvalue weighted by molar-refractivity contribution is 6.09. The minimum Gasteiger partial charge on any atom is -0.507 e. The summed E-state index contributed by atoms with van der Waals surface area (Å²) >= 11 is 0. The number of ether oxygens (including phenoxy) is 2. The first-order valence-corrected chi connectivity index (χ1v) is 18.9. The van der Waals surface area contributed by atoms with Crippen molar-refractivity contribution in [2.24, 2.45) is 24.3 Å². The quantitative estimate of drug-likeness (QED) is 0.0641. The summed E-state index contributed by atoms with van der Waals surface area (Å²) in [4.78, 5) is 38.1. The number of aryl methyl sites for hydroxylation is 1. The number of rotatable bonds is 19. The maximum absolute atomic E-state index is 13.2. The molecule has 2 heterocycles. The fourth-order valence-electron chi connectivity index (χ4n) is 6.41. The molecule has 2 rings (SSSR count). The summed E-state index contributed by atoms with van der Waals surface area (Å²) in [5, 5.41) is 56.8. The third-order valence-corrected chi connectivity index (χ3v) is 10.2. The topological polar surface area (TPSA) is 188 Å². The van der Waals surface area contributed by atoms with Gasteiger partial charge < -0.3 is 44.9 Å². The number of allylic oxidation sites excluding steroid dienone is 12. The first kappa shape index (κ1) is 47.7. The van der Waals surface area contributed by atoms with E-state index in [1.54, 1.807) is 81.5 Å². The van der Waals surface area contributed by atoms with Gasteiger partial charge in [-0.2, -0.15) is 0 Å². The largest absolute Gasteiger partial charge is 0.507 e. The van der Waals surface area contributed by atoms with Crippen molar-refractivity contribution >= 4 is 11.7 Å². The first-order valence-electron chi connectivity index (χ1n) is 18.9. The number of ketones is 1. The number of methoxy groups -OCH3 is 1. The van der Waals surface area contributed by atoms with E-state index >= 15 is 0 Å². The molecule has 0 spiro atoms. The van der Waals surface area contributed by atoms with Crippen LogP contribution in [0, 0.1) is 17.3 Å². The number of aliphatic hydroxyl groups is 4. The molecule has 1 amide bonds. The molecule has 0 aromatic carbocycles. The Morgan fingerprint density at radius 1 is 1.07 bits per heavy atom. The second kappa shape index (κ2) is 22.3. The van der Waals surface area contributed by atoms with Crippen molar-refractivity contribution in [2.75, 3.05) is 13.7 Å². The zero-order valence-corrected chi connectivity index (χ0v) is 34.1. The Morgan fingerprint density at radius 3 is 2.38 bits per heavy atom. The van der Waals surface area contributed by atoms with E-state index in [4.69, 9.17) is 9.47 Å². The summed E-state index contributed by atoms with van der Waals surface area (Å²) in [7, 11) is 3.01. The van der Waals surface area contributed by atoms with E-state index < -0.39 is 70.8 Å². The van der Waals surface area contributed by atoms with Crippen LogP contribution < -0.4 is 10.9 Å². The van der Waals surface area contributed by atoms with Gasteiger partial charge in [-0.3, -0.25) is 14.4 Å². The normalized spacial score (nSPS) is 23.8. The molecular formula is C44H62N2O10. The van der Waals surface area contributed by atoms with Crippen molar-refractivity contribution in [2.45, 2.75) is 97.6 Å². The molecular weight excluding hydrogens is 716 g/mol. The first-order chi connectivity index (χ1) is 26.4. The lowest BCUT2D eigenvalue weighted by atomic mass is 9.72. The number of nitrogens with one attached hydrogen (secondary N) is 1. The van der Waals surface area contributed by atoms with Crippen LogP contribution in [0.15, 0.2) is 113 Å². The average molecular weight is 779 g/mol. The van der Waals surface area contributed by atoms with Gasteiger partial charge in [0.25, 0.3) is 5.56 Å². The van der Waals surface area contributed by atoms with E-state index in [9.17, 15) is 39.9 Å². The third kappa shape index (κ3) is 12.8. The highest BCUT2D eigenvalue weighted by Gasteiger charge is 2.54. The standard InChI is InChI=1S/C44H62N2O10/c1-10-12-16-24-36-43(6,7)35(49)28-44(54,56-36)32(11-2)41(52)45-26-20-19-22-30(4)40(55-9)31(5)39(51)34(48)23-18-15-13-14-17-21-29(3)38(50)37-33(47)25-27-46(8)42(37)53/h10,12-25,27,31-32,34-36,39-40,47-49,51,54H,11,26,28H2,1-9H3,(H,45,52)/b12-10-,15-13+,17-14+,20-19+,23-18-,24-16+,29-21+,30-22-/t31-,32?,34-,35-,36-,39?,40-,44-/m0/s1. The number of aromatic nitrogens is 1. The SMILES string of the molecule is C/C=C\C=C\[C@@H]1O[C@](O)(C(CC)C(=O)NC/C=C/C=C(/C)[C@H](OC)[C@@H](C)C(O)[C@@H](O)\C=C/C=C/C=C/C=C(\C)C(=O)c2c(O)ccn(C)c2=O)C[C@H](O)C1(C)C. The molecule has 12 nitrogen and oxygen atoms in total. The lowest BCUT2D eigenvalue weighted by Crippen LogP contribution is -2.60. The Balaban J connectivity index is 1.96. The maximum Gasteiger partial charge on any atom is 0.265 e. The number of nitrogens with zero attached hydrogens (tertiary/aromatic N) is 1. The molecule has 1 aromatic heterocycles. The van der Waals surface area contributed by atoms with Gasteiger partial charge in [-0.25, -0.2) is 0 Å². The number of carbonyl (C=O) groups excluding carboxylic acids is 2. The molecule has 0 saturated carbocycles. The molecule has 0 radical (unpaired) electrons. The van der Waals surface area contributed by atoms with Gasteiger partial charge in [0.05, 0.1) is 36.4 Å². The van der Waals surface area contributed by atoms with E-state index in [-0.39, 0.29) is 29.9 Å². The number of Topliss-reactive ketones (excluding diaryl/α,β-unsaturated/α-hetero) is 1. The smallest absolute Gasteiger partial charge is 0.265 e. The van der Waals surface area contributed by atoms with Crippen LogP contribution in [0.25, 0.3) is 0 Å². The van der Waals surface area contributed by atoms with E-state index in [0.717, 1.165) is 5.57 Å². The van der Waals surface area contributed by atoms with Crippen LogP contribution in [0.2, 0.25) is 0 Å². The van der Waals surface area contributed by atoms with Crippen molar-refractivity contribution < 1.29 is 44.6 Å². The van der Waals surface area contributed by atoms with E-state index in [2.05, 4.69) is 5.32 Å². The zero-order valence-electron chi connectivity index (χ0n) is 34.1. The summed E-state index contributed by atoms with van der Waals surface area (Å²) in [5.41, 5.74) is -0.516. The molecule has 2 unspecified atom stereocenters. The molecule has 0 bridgehead atoms. The van der Waals surface area contributed by atoms with Gasteiger partial charge >= 0.3 is 0 Å². The second-order valence-electron chi connectivity index (χ2n) is 14.7. The maximum atomic E-state index is 13.2. The highest BCUT2D eigenvalue weighted by atomic mass is 16.6. The van der Waals surface area contributed by atoms with Gasteiger partial charge in [-0.05, 0) is 44.4 Å². The van der Waals surface area contributed by atoms with Gasteiger partial charge in [0.2, 0.25) is 5.91 Å². The molecule has 56 heavy (non-hydrogen) atoms. The Hall–Kier alpha value is -4.43. The molecule has 1 aliphatic rings. The fourth-order valence-corrected chi connectivity index (χ4v) is 6.41. The molecule has 1 fully saturated rings. The van der Waals surface area contributed by atoms with Gasteiger partial charge in [0, 0.05) is 44.7 Å². The summed E-state index contributed by atoms with van der Waals surface area (Å²) < 4.78 is 13.0. The summed E-state index contributed by atoms with van der Waals surface area (Å²) in [6.45, 7) is 12.7. The van der Waals surface area contributed by atoms with Crippen molar-refractivity contribution in [3.63, 3.8) is 0 Å². The molecule has 1 saturated heterocycles. The Kier molecular flexibility index (Phi) is 19.0. The Morgan fingerprint density at radius 2 is 1.73 bits per heavy atom. The second-order valence-corrected chi connectivity index (χ2v) is 14.7. The van der Waals surface area contributed by atoms with Crippen molar-refractivity contribution in [3.05, 3.63) is 124 Å². The minimum atomic E-state index is -1.85. The number of pyridine rings is 1. The Labute approximate surface area is 331 Å². The minimum absolute atomic E-state index is 0.102. The van der Waals surface area contributed by atoms with E-state index in [1.807, 2.05) is 39.8 Å². The highest BCUT2D eigenvalue weighted by Crippen LogP contribution is 2.44.